The highest BCUT2D eigenvalue weighted by molar-refractivity contribution is 7.09. The molecule has 6 nitrogen and oxygen atoms in total. The third kappa shape index (κ3) is 3.50. The Morgan fingerprint density at radius 1 is 1.32 bits per heavy atom. The molecule has 3 aromatic rings. The Kier molecular flexibility index (Phi) is 3.69. The van der Waals surface area contributed by atoms with Crippen LogP contribution in [0.2, 0.25) is 0 Å². The number of nitrogens with zero attached hydrogens (tertiary/aromatic N) is 5. The van der Waals surface area contributed by atoms with Crippen LogP contribution in [-0.2, 0) is 13.0 Å². The molecule has 3 rings (SSSR count). The fourth-order valence-electron chi connectivity index (χ4n) is 1.82. The second kappa shape index (κ2) is 5.52. The van der Waals surface area contributed by atoms with E-state index in [0.717, 1.165) is 9.69 Å². The summed E-state index contributed by atoms with van der Waals surface area (Å²) in [6, 6.07) is 1.49. The quantitative estimate of drug-likeness (QED) is 0.736. The molecule has 10 heteroatoms. The third-order valence-corrected chi connectivity index (χ3v) is 3.46. The van der Waals surface area contributed by atoms with Gasteiger partial charge in [-0.3, -0.25) is 4.68 Å². The van der Waals surface area contributed by atoms with Crippen molar-refractivity contribution in [3.8, 4) is 11.5 Å². The second-order valence-electron chi connectivity index (χ2n) is 4.56. The first kappa shape index (κ1) is 14.7. The Hall–Kier alpha value is -2.23. The Labute approximate surface area is 126 Å². The van der Waals surface area contributed by atoms with Crippen LogP contribution in [-0.4, -0.2) is 31.1 Å². The van der Waals surface area contributed by atoms with Gasteiger partial charge in [0, 0.05) is 11.6 Å². The number of halogens is 3. The van der Waals surface area contributed by atoms with Crippen molar-refractivity contribution in [1.29, 1.82) is 0 Å². The van der Waals surface area contributed by atoms with Crippen LogP contribution in [0.1, 0.15) is 16.6 Å². The Bertz CT molecular complexity index is 776. The summed E-state index contributed by atoms with van der Waals surface area (Å²) in [5, 5.41) is 10.3. The van der Waals surface area contributed by atoms with Gasteiger partial charge < -0.3 is 4.52 Å². The lowest BCUT2D eigenvalue weighted by atomic mass is 10.3. The van der Waals surface area contributed by atoms with Crippen molar-refractivity contribution in [2.45, 2.75) is 26.1 Å². The Morgan fingerprint density at radius 3 is 2.82 bits per heavy atom. The van der Waals surface area contributed by atoms with Crippen LogP contribution >= 0.6 is 11.3 Å². The average molecular weight is 329 g/mol. The number of aromatic nitrogens is 5. The van der Waals surface area contributed by atoms with Gasteiger partial charge >= 0.3 is 6.18 Å². The van der Waals surface area contributed by atoms with Crippen LogP contribution in [0.4, 0.5) is 13.2 Å². The number of aryl methyl sites for hydroxylation is 1. The predicted octanol–water partition coefficient (Wildman–Crippen LogP) is 2.85. The van der Waals surface area contributed by atoms with Crippen molar-refractivity contribution in [3.05, 3.63) is 34.2 Å². The van der Waals surface area contributed by atoms with E-state index < -0.39 is 12.7 Å². The van der Waals surface area contributed by atoms with Crippen molar-refractivity contribution in [2.75, 3.05) is 0 Å². The van der Waals surface area contributed by atoms with Gasteiger partial charge in [-0.05, 0) is 13.0 Å². The van der Waals surface area contributed by atoms with Gasteiger partial charge in [0.15, 0.2) is 0 Å². The van der Waals surface area contributed by atoms with Crippen LogP contribution in [0.15, 0.2) is 22.2 Å². The van der Waals surface area contributed by atoms with E-state index >= 15 is 0 Å². The highest BCUT2D eigenvalue weighted by Crippen LogP contribution is 2.20. The highest BCUT2D eigenvalue weighted by Gasteiger charge is 2.28. The molecule has 0 radical (unpaired) electrons. The van der Waals surface area contributed by atoms with E-state index in [-0.39, 0.29) is 12.3 Å². The third-order valence-electron chi connectivity index (χ3n) is 2.69. The summed E-state index contributed by atoms with van der Waals surface area (Å²) in [6.07, 6.45) is -2.87. The maximum atomic E-state index is 12.3. The monoisotopic (exact) mass is 329 g/mol. The largest absolute Gasteiger partial charge is 0.408 e. The van der Waals surface area contributed by atoms with Crippen molar-refractivity contribution in [3.63, 3.8) is 0 Å². The molecule has 116 valence electrons. The molecule has 3 aromatic heterocycles. The zero-order valence-electron chi connectivity index (χ0n) is 11.3. The molecule has 0 saturated carbocycles. The van der Waals surface area contributed by atoms with E-state index in [4.69, 9.17) is 4.52 Å². The van der Waals surface area contributed by atoms with E-state index in [1.807, 2.05) is 12.3 Å². The number of thiazole rings is 1. The first-order valence-corrected chi connectivity index (χ1v) is 7.11. The Morgan fingerprint density at radius 2 is 2.14 bits per heavy atom. The number of alkyl halides is 3. The van der Waals surface area contributed by atoms with Gasteiger partial charge in [-0.1, -0.05) is 5.16 Å². The average Bonchev–Trinajstić information content (AvgIpc) is 3.10. The molecule has 0 aliphatic rings. The molecule has 3 heterocycles. The molecule has 0 aliphatic heterocycles. The number of rotatable bonds is 4. The summed E-state index contributed by atoms with van der Waals surface area (Å²) in [5.41, 5.74) is 1.04. The lowest BCUT2D eigenvalue weighted by Gasteiger charge is -2.05. The summed E-state index contributed by atoms with van der Waals surface area (Å²) < 4.78 is 42.7. The first-order chi connectivity index (χ1) is 10.4. The standard InChI is InChI=1S/C12H10F3N5OS/c1-7-16-9(5-22-7)11-17-10(21-19-11)4-8-2-3-20(18-8)6-12(13,14)15/h2-3,5H,4,6H2,1H3. The van der Waals surface area contributed by atoms with Crippen molar-refractivity contribution in [2.24, 2.45) is 0 Å². The molecule has 0 aliphatic carbocycles. The summed E-state index contributed by atoms with van der Waals surface area (Å²) in [7, 11) is 0. The SMILES string of the molecule is Cc1nc(-c2noc(Cc3ccn(CC(F)(F)F)n3)n2)cs1. The minimum Gasteiger partial charge on any atom is -0.338 e. The maximum absolute atomic E-state index is 12.3. The van der Waals surface area contributed by atoms with Crippen LogP contribution in [0.25, 0.3) is 11.5 Å². The van der Waals surface area contributed by atoms with E-state index in [2.05, 4.69) is 20.2 Å². The predicted molar refractivity (Wildman–Crippen MR) is 71.2 cm³/mol. The summed E-state index contributed by atoms with van der Waals surface area (Å²) in [4.78, 5) is 8.40. The molecule has 22 heavy (non-hydrogen) atoms. The fraction of sp³-hybridized carbons (Fsp3) is 0.333. The van der Waals surface area contributed by atoms with Gasteiger partial charge in [-0.25, -0.2) is 4.98 Å². The second-order valence-corrected chi connectivity index (χ2v) is 5.62. The van der Waals surface area contributed by atoms with Crippen molar-refractivity contribution >= 4 is 11.3 Å². The number of hydrogen-bond acceptors (Lipinski definition) is 6. The molecule has 0 unspecified atom stereocenters. The minimum absolute atomic E-state index is 0.168. The van der Waals surface area contributed by atoms with E-state index in [1.54, 1.807) is 0 Å². The first-order valence-electron chi connectivity index (χ1n) is 6.23. The molecule has 0 fully saturated rings. The fourth-order valence-corrected chi connectivity index (χ4v) is 2.41. The highest BCUT2D eigenvalue weighted by atomic mass is 32.1. The summed E-state index contributed by atoms with van der Waals surface area (Å²) in [5.74, 6) is 0.631. The maximum Gasteiger partial charge on any atom is 0.408 e. The topological polar surface area (TPSA) is 69.6 Å². The van der Waals surface area contributed by atoms with E-state index in [1.165, 1.54) is 23.6 Å². The van der Waals surface area contributed by atoms with Crippen molar-refractivity contribution in [1.82, 2.24) is 24.9 Å². The number of hydrogen-bond donors (Lipinski definition) is 0. The molecular weight excluding hydrogens is 319 g/mol. The van der Waals surface area contributed by atoms with Crippen LogP contribution < -0.4 is 0 Å². The normalized spacial score (nSPS) is 12.0. The molecule has 0 amide bonds. The van der Waals surface area contributed by atoms with Gasteiger partial charge in [0.05, 0.1) is 17.1 Å². The van der Waals surface area contributed by atoms with Crippen LogP contribution in [0.5, 0.6) is 0 Å². The lowest BCUT2D eigenvalue weighted by molar-refractivity contribution is -0.142. The Balaban J connectivity index is 1.70. The molecular formula is C12H10F3N5OS. The molecule has 0 bridgehead atoms. The molecule has 0 aromatic carbocycles. The minimum atomic E-state index is -4.30. The molecule has 0 spiro atoms. The summed E-state index contributed by atoms with van der Waals surface area (Å²) >= 11 is 1.47. The molecule has 0 saturated heterocycles. The van der Waals surface area contributed by atoms with E-state index in [9.17, 15) is 13.2 Å². The van der Waals surface area contributed by atoms with Gasteiger partial charge in [0.2, 0.25) is 11.7 Å². The van der Waals surface area contributed by atoms with Crippen molar-refractivity contribution < 1.29 is 17.7 Å². The van der Waals surface area contributed by atoms with Gasteiger partial charge in [0.1, 0.15) is 12.2 Å². The van der Waals surface area contributed by atoms with E-state index in [0.29, 0.717) is 17.2 Å². The van der Waals surface area contributed by atoms with Crippen LogP contribution in [0.3, 0.4) is 0 Å². The van der Waals surface area contributed by atoms with Crippen LogP contribution in [0, 0.1) is 6.92 Å². The van der Waals surface area contributed by atoms with Gasteiger partial charge in [-0.15, -0.1) is 11.3 Å². The van der Waals surface area contributed by atoms with Gasteiger partial charge in [-0.2, -0.15) is 23.3 Å². The summed E-state index contributed by atoms with van der Waals surface area (Å²) in [6.45, 7) is 0.739. The lowest BCUT2D eigenvalue weighted by Crippen LogP contribution is -2.18. The zero-order chi connectivity index (χ0) is 15.7. The molecule has 0 N–H and O–H groups in total. The zero-order valence-corrected chi connectivity index (χ0v) is 12.1. The smallest absolute Gasteiger partial charge is 0.338 e. The molecule has 0 atom stereocenters. The van der Waals surface area contributed by atoms with Gasteiger partial charge in [0.25, 0.3) is 0 Å².